The molecule has 0 bridgehead atoms. The normalized spacial score (nSPS) is 17.9. The maximum Gasteiger partial charge on any atom is 0.174 e. The highest BCUT2D eigenvalue weighted by atomic mass is 16.5. The topological polar surface area (TPSA) is 62.1 Å². The fourth-order valence-electron chi connectivity index (χ4n) is 4.60. The monoisotopic (exact) mass is 380 g/mol. The molecule has 1 N–H and O–H groups in total. The minimum atomic E-state index is -0.277. The van der Waals surface area contributed by atoms with Crippen molar-refractivity contribution in [1.82, 2.24) is 0 Å². The summed E-state index contributed by atoms with van der Waals surface area (Å²) in [5.41, 5.74) is 5.07. The molecule has 0 aromatic heterocycles. The van der Waals surface area contributed by atoms with Crippen molar-refractivity contribution >= 4 is 27.8 Å². The third kappa shape index (κ3) is 2.87. The van der Waals surface area contributed by atoms with Gasteiger partial charge in [-0.3, -0.25) is 4.79 Å². The molecule has 4 heteroatoms. The molecule has 0 unspecified atom stereocenters. The van der Waals surface area contributed by atoms with Gasteiger partial charge in [0.1, 0.15) is 11.8 Å². The molecule has 0 radical (unpaired) electrons. The first-order chi connectivity index (χ1) is 14.3. The van der Waals surface area contributed by atoms with Crippen LogP contribution >= 0.6 is 0 Å². The first kappa shape index (κ1) is 17.5. The number of benzene rings is 3. The van der Waals surface area contributed by atoms with Crippen LogP contribution in [0.3, 0.4) is 0 Å². The molecule has 0 saturated heterocycles. The van der Waals surface area contributed by atoms with E-state index in [9.17, 15) is 4.79 Å². The number of para-hydroxylation sites is 1. The summed E-state index contributed by atoms with van der Waals surface area (Å²) >= 11 is 0. The van der Waals surface area contributed by atoms with Crippen LogP contribution in [0, 0.1) is 11.3 Å². The number of ether oxygens (including phenoxy) is 1. The molecule has 0 amide bonds. The van der Waals surface area contributed by atoms with E-state index >= 15 is 0 Å². The molecule has 29 heavy (non-hydrogen) atoms. The van der Waals surface area contributed by atoms with Crippen molar-refractivity contribution in [1.29, 1.82) is 5.26 Å². The van der Waals surface area contributed by atoms with Gasteiger partial charge in [0.25, 0.3) is 0 Å². The third-order valence-electron chi connectivity index (χ3n) is 5.80. The maximum absolute atomic E-state index is 13.1. The van der Waals surface area contributed by atoms with E-state index < -0.39 is 0 Å². The van der Waals surface area contributed by atoms with Gasteiger partial charge in [-0.25, -0.2) is 0 Å². The number of rotatable bonds is 3. The Bertz CT molecular complexity index is 1200. The summed E-state index contributed by atoms with van der Waals surface area (Å²) in [6, 6.07) is 22.0. The largest absolute Gasteiger partial charge is 0.478 e. The first-order valence-corrected chi connectivity index (χ1v) is 9.91. The zero-order valence-corrected chi connectivity index (χ0v) is 15.9. The third-order valence-corrected chi connectivity index (χ3v) is 5.80. The minimum absolute atomic E-state index is 0.0230. The standard InChI is InChI=1S/C25H20N2O2/c26-14-15-29-22-11-4-3-8-18(22)25-24-19(9-5-10-21(24)28)23-17-7-2-1-6-16(17)12-13-20(23)27-25/h1-4,6-8,11-13,25,27H,5,9-10,15H2/t25-/m1/s1. The maximum atomic E-state index is 13.1. The number of nitriles is 1. The lowest BCUT2D eigenvalue weighted by Crippen LogP contribution is -2.27. The molecule has 0 saturated carbocycles. The molecular formula is C25H20N2O2. The summed E-state index contributed by atoms with van der Waals surface area (Å²) in [5.74, 6) is 0.832. The van der Waals surface area contributed by atoms with E-state index in [1.807, 2.05) is 42.5 Å². The smallest absolute Gasteiger partial charge is 0.174 e. The molecule has 142 valence electrons. The van der Waals surface area contributed by atoms with E-state index in [2.05, 4.69) is 29.6 Å². The predicted octanol–water partition coefficient (Wildman–Crippen LogP) is 5.42. The van der Waals surface area contributed by atoms with Crippen molar-refractivity contribution < 1.29 is 9.53 Å². The summed E-state index contributed by atoms with van der Waals surface area (Å²) in [7, 11) is 0. The summed E-state index contributed by atoms with van der Waals surface area (Å²) < 4.78 is 5.68. The lowest BCUT2D eigenvalue weighted by Gasteiger charge is -2.35. The van der Waals surface area contributed by atoms with Crippen LogP contribution < -0.4 is 10.1 Å². The molecule has 5 rings (SSSR count). The van der Waals surface area contributed by atoms with E-state index in [1.165, 1.54) is 10.8 Å². The molecular weight excluding hydrogens is 360 g/mol. The van der Waals surface area contributed by atoms with Crippen LogP contribution in [0.15, 0.2) is 66.2 Å². The van der Waals surface area contributed by atoms with Crippen LogP contribution in [-0.2, 0) is 4.79 Å². The number of nitrogens with zero attached hydrogens (tertiary/aromatic N) is 1. The molecule has 1 aliphatic heterocycles. The lowest BCUT2D eigenvalue weighted by molar-refractivity contribution is -0.116. The number of carbonyl (C=O) groups is 1. The van der Waals surface area contributed by atoms with Gasteiger partial charge in [-0.2, -0.15) is 5.26 Å². The van der Waals surface area contributed by atoms with Gasteiger partial charge in [0.2, 0.25) is 0 Å². The van der Waals surface area contributed by atoms with E-state index in [0.29, 0.717) is 12.2 Å². The number of carbonyl (C=O) groups excluding carboxylic acids is 1. The average Bonchev–Trinajstić information content (AvgIpc) is 2.77. The van der Waals surface area contributed by atoms with Crippen LogP contribution in [0.1, 0.15) is 36.4 Å². The molecule has 2 aliphatic rings. The number of fused-ring (bicyclic) bond motifs is 4. The minimum Gasteiger partial charge on any atom is -0.478 e. The van der Waals surface area contributed by atoms with Crippen molar-refractivity contribution in [3.8, 4) is 11.8 Å². The molecule has 3 aromatic rings. The fraction of sp³-hybridized carbons (Fsp3) is 0.200. The number of nitrogens with one attached hydrogen (secondary N) is 1. The van der Waals surface area contributed by atoms with Gasteiger partial charge in [0.05, 0.1) is 6.04 Å². The Morgan fingerprint density at radius 1 is 1.03 bits per heavy atom. The number of Topliss-reactive ketones (excluding diaryl/α,β-unsaturated/α-hetero) is 1. The van der Waals surface area contributed by atoms with Gasteiger partial charge in [0.15, 0.2) is 12.4 Å². The van der Waals surface area contributed by atoms with Crippen LogP contribution in [0.5, 0.6) is 5.75 Å². The van der Waals surface area contributed by atoms with Gasteiger partial charge < -0.3 is 10.1 Å². The zero-order chi connectivity index (χ0) is 19.8. The van der Waals surface area contributed by atoms with Gasteiger partial charge in [-0.1, -0.05) is 48.5 Å². The van der Waals surface area contributed by atoms with Crippen molar-refractivity contribution in [3.63, 3.8) is 0 Å². The lowest BCUT2D eigenvalue weighted by atomic mass is 9.76. The van der Waals surface area contributed by atoms with E-state index in [1.54, 1.807) is 0 Å². The Balaban J connectivity index is 1.73. The average molecular weight is 380 g/mol. The molecule has 4 nitrogen and oxygen atoms in total. The molecule has 3 aromatic carbocycles. The number of ketones is 1. The van der Waals surface area contributed by atoms with E-state index in [-0.39, 0.29) is 18.4 Å². The first-order valence-electron chi connectivity index (χ1n) is 9.91. The van der Waals surface area contributed by atoms with Crippen molar-refractivity contribution in [2.75, 3.05) is 11.9 Å². The Kier molecular flexibility index (Phi) is 4.29. The fourth-order valence-corrected chi connectivity index (χ4v) is 4.60. The number of anilines is 1. The molecule has 1 aliphatic carbocycles. The zero-order valence-electron chi connectivity index (χ0n) is 15.9. The van der Waals surface area contributed by atoms with Gasteiger partial charge >= 0.3 is 0 Å². The molecule has 0 fully saturated rings. The van der Waals surface area contributed by atoms with Gasteiger partial charge in [-0.05, 0) is 41.3 Å². The summed E-state index contributed by atoms with van der Waals surface area (Å²) in [4.78, 5) is 13.1. The van der Waals surface area contributed by atoms with Crippen LogP contribution in [-0.4, -0.2) is 12.4 Å². The highest BCUT2D eigenvalue weighted by Crippen LogP contribution is 2.49. The van der Waals surface area contributed by atoms with E-state index in [4.69, 9.17) is 10.00 Å². The second-order valence-electron chi connectivity index (χ2n) is 7.44. The second kappa shape index (κ2) is 7.10. The van der Waals surface area contributed by atoms with Crippen LogP contribution in [0.2, 0.25) is 0 Å². The predicted molar refractivity (Wildman–Crippen MR) is 114 cm³/mol. The number of hydrogen-bond acceptors (Lipinski definition) is 4. The Labute approximate surface area is 169 Å². The molecule has 1 atom stereocenters. The van der Waals surface area contributed by atoms with Crippen LogP contribution in [0.25, 0.3) is 16.3 Å². The summed E-state index contributed by atoms with van der Waals surface area (Å²) in [5, 5.41) is 14.9. The Morgan fingerprint density at radius 3 is 2.76 bits per heavy atom. The number of allylic oxidation sites excluding steroid dienone is 1. The van der Waals surface area contributed by atoms with Crippen molar-refractivity contribution in [3.05, 3.63) is 77.4 Å². The summed E-state index contributed by atoms with van der Waals surface area (Å²) in [6.07, 6.45) is 2.33. The van der Waals surface area contributed by atoms with Gasteiger partial charge in [-0.15, -0.1) is 0 Å². The SMILES string of the molecule is N#CCOc1ccccc1[C@H]1Nc2ccc3ccccc3c2C2=C1C(=O)CCC2. The number of hydrogen-bond donors (Lipinski definition) is 1. The van der Waals surface area contributed by atoms with Crippen molar-refractivity contribution in [2.24, 2.45) is 0 Å². The van der Waals surface area contributed by atoms with E-state index in [0.717, 1.165) is 40.8 Å². The summed E-state index contributed by atoms with van der Waals surface area (Å²) in [6.45, 7) is -0.0230. The highest BCUT2D eigenvalue weighted by molar-refractivity contribution is 6.12. The quantitative estimate of drug-likeness (QED) is 0.659. The highest BCUT2D eigenvalue weighted by Gasteiger charge is 2.36. The molecule has 1 heterocycles. The Hall–Kier alpha value is -3.58. The second-order valence-corrected chi connectivity index (χ2v) is 7.44. The van der Waals surface area contributed by atoms with Crippen molar-refractivity contribution in [2.45, 2.75) is 25.3 Å². The Morgan fingerprint density at radius 2 is 1.86 bits per heavy atom. The molecule has 0 spiro atoms. The van der Waals surface area contributed by atoms with Crippen LogP contribution in [0.4, 0.5) is 5.69 Å². The van der Waals surface area contributed by atoms with Gasteiger partial charge in [0, 0.05) is 28.8 Å².